The number of hydrogen-bond acceptors (Lipinski definition) is 1. The molecule has 0 amide bonds. The molecule has 0 aromatic heterocycles. The molecule has 0 aliphatic rings. The lowest BCUT2D eigenvalue weighted by molar-refractivity contribution is 0.342. The first-order chi connectivity index (χ1) is 6.81. The van der Waals surface area contributed by atoms with Crippen molar-refractivity contribution in [3.05, 3.63) is 0 Å². The Morgan fingerprint density at radius 2 is 1.43 bits per heavy atom. The highest BCUT2D eigenvalue weighted by Crippen LogP contribution is 2.07. The summed E-state index contributed by atoms with van der Waals surface area (Å²) in [5.41, 5.74) is 0. The first-order valence-electron chi connectivity index (χ1n) is 6.05. The number of alkyl halides is 1. The van der Waals surface area contributed by atoms with Crippen molar-refractivity contribution in [1.29, 1.82) is 0 Å². The Morgan fingerprint density at radius 1 is 0.857 bits per heavy atom. The van der Waals surface area contributed by atoms with Gasteiger partial charge in [0.1, 0.15) is 0 Å². The van der Waals surface area contributed by atoms with Crippen LogP contribution in [0.2, 0.25) is 0 Å². The minimum atomic E-state index is 0.757. The summed E-state index contributed by atoms with van der Waals surface area (Å²) in [5.74, 6) is 0.757. The second-order valence-corrected chi connectivity index (χ2v) is 4.49. The monoisotopic (exact) mass is 219 g/mol. The van der Waals surface area contributed by atoms with Crippen LogP contribution in [0.25, 0.3) is 0 Å². The fourth-order valence-corrected chi connectivity index (χ4v) is 1.88. The molecule has 0 aliphatic carbocycles. The average Bonchev–Trinajstić information content (AvgIpc) is 2.17. The Bertz CT molecular complexity index is 106. The highest BCUT2D eigenvalue weighted by Gasteiger charge is 1.96. The Kier molecular flexibility index (Phi) is 11.5. The van der Waals surface area contributed by atoms with Crippen LogP contribution in [0.1, 0.15) is 51.9 Å². The molecule has 0 fully saturated rings. The van der Waals surface area contributed by atoms with Gasteiger partial charge >= 0.3 is 0 Å². The number of rotatable bonds is 10. The molecule has 0 unspecified atom stereocenters. The van der Waals surface area contributed by atoms with Gasteiger partial charge in [-0.2, -0.15) is 0 Å². The number of nitrogens with zero attached hydrogens (tertiary/aromatic N) is 1. The van der Waals surface area contributed by atoms with E-state index in [4.69, 9.17) is 11.6 Å². The average molecular weight is 220 g/mol. The van der Waals surface area contributed by atoms with E-state index in [2.05, 4.69) is 18.9 Å². The summed E-state index contributed by atoms with van der Waals surface area (Å²) in [6.07, 6.45) is 9.73. The van der Waals surface area contributed by atoms with E-state index in [1.807, 2.05) is 0 Å². The maximum absolute atomic E-state index is 5.65. The predicted octanol–water partition coefficient (Wildman–Crippen LogP) is 3.91. The molecule has 0 heterocycles. The van der Waals surface area contributed by atoms with E-state index in [-0.39, 0.29) is 0 Å². The molecule has 0 saturated heterocycles. The molecule has 1 nitrogen and oxygen atoms in total. The van der Waals surface area contributed by atoms with Crippen molar-refractivity contribution in [2.45, 2.75) is 51.9 Å². The molecule has 0 aromatic carbocycles. The third-order valence-electron chi connectivity index (χ3n) is 2.61. The van der Waals surface area contributed by atoms with Crippen LogP contribution in [-0.2, 0) is 0 Å². The third-order valence-corrected chi connectivity index (χ3v) is 2.78. The van der Waals surface area contributed by atoms with Gasteiger partial charge in [-0.3, -0.25) is 0 Å². The van der Waals surface area contributed by atoms with E-state index < -0.39 is 0 Å². The van der Waals surface area contributed by atoms with Gasteiger partial charge in [-0.25, -0.2) is 0 Å². The minimum Gasteiger partial charge on any atom is -0.305 e. The highest BCUT2D eigenvalue weighted by atomic mass is 35.5. The standard InChI is InChI=1S/C12H26ClN/c1-3-4-5-6-7-8-9-11-14(2)12-10-13/h3-12H2,1-2H3. The smallest absolute Gasteiger partial charge is 0.0351 e. The van der Waals surface area contributed by atoms with Crippen LogP contribution in [0.3, 0.4) is 0 Å². The molecule has 0 rings (SSSR count). The van der Waals surface area contributed by atoms with E-state index in [1.165, 1.54) is 51.5 Å². The van der Waals surface area contributed by atoms with Crippen LogP contribution in [0, 0.1) is 0 Å². The van der Waals surface area contributed by atoms with Crippen molar-refractivity contribution < 1.29 is 0 Å². The molecule has 0 saturated carbocycles. The molecule has 0 radical (unpaired) electrons. The van der Waals surface area contributed by atoms with Crippen molar-refractivity contribution in [3.63, 3.8) is 0 Å². The Balaban J connectivity index is 2.98. The molecule has 0 spiro atoms. The SMILES string of the molecule is CCCCCCCCCN(C)CCCl. The first-order valence-corrected chi connectivity index (χ1v) is 6.59. The fraction of sp³-hybridized carbons (Fsp3) is 1.00. The predicted molar refractivity (Wildman–Crippen MR) is 66.2 cm³/mol. The lowest BCUT2D eigenvalue weighted by Crippen LogP contribution is -2.21. The zero-order valence-corrected chi connectivity index (χ0v) is 10.7. The maximum atomic E-state index is 5.65. The van der Waals surface area contributed by atoms with Gasteiger partial charge in [-0.1, -0.05) is 45.4 Å². The molecule has 86 valence electrons. The maximum Gasteiger partial charge on any atom is 0.0351 e. The van der Waals surface area contributed by atoms with Crippen molar-refractivity contribution in [1.82, 2.24) is 4.90 Å². The quantitative estimate of drug-likeness (QED) is 0.398. The molecule has 2 heteroatoms. The highest BCUT2D eigenvalue weighted by molar-refractivity contribution is 6.18. The van der Waals surface area contributed by atoms with Gasteiger partial charge < -0.3 is 4.90 Å². The van der Waals surface area contributed by atoms with Crippen LogP contribution in [0.5, 0.6) is 0 Å². The lowest BCUT2D eigenvalue weighted by atomic mass is 10.1. The van der Waals surface area contributed by atoms with Crippen molar-refractivity contribution in [2.75, 3.05) is 26.0 Å². The molecule has 0 N–H and O–H groups in total. The van der Waals surface area contributed by atoms with Crippen LogP contribution in [0.4, 0.5) is 0 Å². The second-order valence-electron chi connectivity index (χ2n) is 4.11. The van der Waals surface area contributed by atoms with Crippen LogP contribution in [-0.4, -0.2) is 30.9 Å². The van der Waals surface area contributed by atoms with E-state index in [0.717, 1.165) is 12.4 Å². The molecule has 0 atom stereocenters. The van der Waals surface area contributed by atoms with Gasteiger partial charge in [0.25, 0.3) is 0 Å². The van der Waals surface area contributed by atoms with Crippen LogP contribution in [0.15, 0.2) is 0 Å². The number of halogens is 1. The topological polar surface area (TPSA) is 3.24 Å². The zero-order valence-electron chi connectivity index (χ0n) is 9.90. The van der Waals surface area contributed by atoms with Gasteiger partial charge in [-0.05, 0) is 20.0 Å². The van der Waals surface area contributed by atoms with Gasteiger partial charge in [-0.15, -0.1) is 11.6 Å². The first kappa shape index (κ1) is 14.2. The van der Waals surface area contributed by atoms with E-state index >= 15 is 0 Å². The Morgan fingerprint density at radius 3 is 2.00 bits per heavy atom. The summed E-state index contributed by atoms with van der Waals surface area (Å²) < 4.78 is 0. The summed E-state index contributed by atoms with van der Waals surface area (Å²) in [5, 5.41) is 0. The summed E-state index contributed by atoms with van der Waals surface area (Å²) in [4.78, 5) is 2.32. The summed E-state index contributed by atoms with van der Waals surface area (Å²) in [6, 6.07) is 0. The normalized spacial score (nSPS) is 11.1. The Labute approximate surface area is 94.8 Å². The van der Waals surface area contributed by atoms with Gasteiger partial charge in [0, 0.05) is 12.4 Å². The summed E-state index contributed by atoms with van der Waals surface area (Å²) in [6.45, 7) is 4.50. The van der Waals surface area contributed by atoms with E-state index in [9.17, 15) is 0 Å². The number of hydrogen-bond donors (Lipinski definition) is 0. The van der Waals surface area contributed by atoms with Crippen molar-refractivity contribution in [3.8, 4) is 0 Å². The molecular weight excluding hydrogens is 194 g/mol. The summed E-state index contributed by atoms with van der Waals surface area (Å²) in [7, 11) is 2.15. The Hall–Kier alpha value is 0.250. The molecular formula is C12H26ClN. The minimum absolute atomic E-state index is 0.757. The molecule has 0 aliphatic heterocycles. The lowest BCUT2D eigenvalue weighted by Gasteiger charge is -2.14. The van der Waals surface area contributed by atoms with Crippen LogP contribution < -0.4 is 0 Å². The van der Waals surface area contributed by atoms with E-state index in [0.29, 0.717) is 0 Å². The molecule has 0 aromatic rings. The summed E-state index contributed by atoms with van der Waals surface area (Å²) >= 11 is 5.65. The van der Waals surface area contributed by atoms with Crippen molar-refractivity contribution >= 4 is 11.6 Å². The fourth-order valence-electron chi connectivity index (χ4n) is 1.59. The molecule has 0 bridgehead atoms. The van der Waals surface area contributed by atoms with Gasteiger partial charge in [0.2, 0.25) is 0 Å². The largest absolute Gasteiger partial charge is 0.305 e. The zero-order chi connectivity index (χ0) is 10.6. The van der Waals surface area contributed by atoms with Gasteiger partial charge in [0.05, 0.1) is 0 Å². The van der Waals surface area contributed by atoms with Gasteiger partial charge in [0.15, 0.2) is 0 Å². The van der Waals surface area contributed by atoms with Crippen LogP contribution >= 0.6 is 11.6 Å². The van der Waals surface area contributed by atoms with Crippen molar-refractivity contribution in [2.24, 2.45) is 0 Å². The second kappa shape index (κ2) is 11.3. The molecule has 14 heavy (non-hydrogen) atoms. The number of unbranched alkanes of at least 4 members (excludes halogenated alkanes) is 6. The third kappa shape index (κ3) is 10.3. The van der Waals surface area contributed by atoms with E-state index in [1.54, 1.807) is 0 Å².